The van der Waals surface area contributed by atoms with Gasteiger partial charge in [0.25, 0.3) is 0 Å². The molecular weight excluding hydrogens is 225 g/mol. The van der Waals surface area contributed by atoms with E-state index >= 15 is 0 Å². The molecule has 0 radical (unpaired) electrons. The molecule has 0 aromatic carbocycles. The minimum Gasteiger partial charge on any atom is -0.479 e. The van der Waals surface area contributed by atoms with Gasteiger partial charge in [0.1, 0.15) is 18.6 Å². The van der Waals surface area contributed by atoms with Gasteiger partial charge in [-0.2, -0.15) is 18.2 Å². The van der Waals surface area contributed by atoms with E-state index in [0.29, 0.717) is 0 Å². The first kappa shape index (κ1) is 12.3. The maximum atomic E-state index is 12.1. The van der Waals surface area contributed by atoms with Crippen molar-refractivity contribution in [3.05, 3.63) is 6.33 Å². The van der Waals surface area contributed by atoms with Gasteiger partial charge in [-0.15, -0.1) is 0 Å². The second kappa shape index (κ2) is 4.42. The Morgan fingerprint density at radius 2 is 2.06 bits per heavy atom. The second-order valence-electron chi connectivity index (χ2n) is 3.09. The Hall–Kier alpha value is -1.73. The maximum Gasteiger partial charge on any atom is 0.405 e. The Morgan fingerprint density at radius 1 is 1.44 bits per heavy atom. The molecule has 0 unspecified atom stereocenters. The molecule has 8 heteroatoms. The monoisotopic (exact) mass is 236 g/mol. The lowest BCUT2D eigenvalue weighted by Gasteiger charge is -2.21. The Morgan fingerprint density at radius 3 is 2.56 bits per heavy atom. The predicted molar refractivity (Wildman–Crippen MR) is 52.3 cm³/mol. The van der Waals surface area contributed by atoms with Crippen LogP contribution in [-0.4, -0.2) is 36.8 Å². The van der Waals surface area contributed by atoms with Gasteiger partial charge in [-0.1, -0.05) is 0 Å². The lowest BCUT2D eigenvalue weighted by molar-refractivity contribution is -0.119. The Bertz CT molecular complexity index is 369. The first-order chi connectivity index (χ1) is 7.35. The molecule has 0 bridgehead atoms. The molecule has 0 fully saturated rings. The third-order valence-electron chi connectivity index (χ3n) is 1.80. The highest BCUT2D eigenvalue weighted by atomic mass is 19.4. The fraction of sp³-hybridized carbons (Fsp3) is 0.500. The lowest BCUT2D eigenvalue weighted by Crippen LogP contribution is -2.32. The standard InChI is InChI=1S/C8H11F3N4O/c1-15(3-8(9,10)11)6-5(12)7(16-2)14-4-13-6/h4H,3,12H2,1-2H3. The molecule has 1 heterocycles. The minimum atomic E-state index is -4.32. The smallest absolute Gasteiger partial charge is 0.405 e. The van der Waals surface area contributed by atoms with Gasteiger partial charge in [0.15, 0.2) is 5.82 Å². The summed E-state index contributed by atoms with van der Waals surface area (Å²) < 4.78 is 41.2. The van der Waals surface area contributed by atoms with Crippen molar-refractivity contribution in [2.45, 2.75) is 6.18 Å². The number of anilines is 2. The van der Waals surface area contributed by atoms with Crippen LogP contribution in [0.1, 0.15) is 0 Å². The van der Waals surface area contributed by atoms with E-state index in [9.17, 15) is 13.2 Å². The molecular formula is C8H11F3N4O. The normalized spacial score (nSPS) is 11.3. The van der Waals surface area contributed by atoms with E-state index in [2.05, 4.69) is 9.97 Å². The van der Waals surface area contributed by atoms with Crippen molar-refractivity contribution >= 4 is 11.5 Å². The maximum absolute atomic E-state index is 12.1. The first-order valence-corrected chi connectivity index (χ1v) is 4.27. The SMILES string of the molecule is COc1ncnc(N(C)CC(F)(F)F)c1N. The van der Waals surface area contributed by atoms with Gasteiger partial charge >= 0.3 is 6.18 Å². The summed E-state index contributed by atoms with van der Waals surface area (Å²) in [6.07, 6.45) is -3.23. The summed E-state index contributed by atoms with van der Waals surface area (Å²) in [6, 6.07) is 0. The largest absolute Gasteiger partial charge is 0.479 e. The van der Waals surface area contributed by atoms with Gasteiger partial charge < -0.3 is 15.4 Å². The van der Waals surface area contributed by atoms with Crippen molar-refractivity contribution in [2.75, 3.05) is 31.3 Å². The molecule has 5 nitrogen and oxygen atoms in total. The molecule has 1 rings (SSSR count). The van der Waals surface area contributed by atoms with Crippen molar-refractivity contribution < 1.29 is 17.9 Å². The van der Waals surface area contributed by atoms with Gasteiger partial charge in [-0.05, 0) is 0 Å². The molecule has 0 saturated carbocycles. The third kappa shape index (κ3) is 2.88. The van der Waals surface area contributed by atoms with Crippen LogP contribution < -0.4 is 15.4 Å². The number of nitrogens with zero attached hydrogens (tertiary/aromatic N) is 3. The summed E-state index contributed by atoms with van der Waals surface area (Å²) in [5.41, 5.74) is 5.54. The van der Waals surface area contributed by atoms with Crippen LogP contribution in [0, 0.1) is 0 Å². The lowest BCUT2D eigenvalue weighted by atomic mass is 10.4. The minimum absolute atomic E-state index is 0.0100. The number of hydrogen-bond donors (Lipinski definition) is 1. The van der Waals surface area contributed by atoms with E-state index in [-0.39, 0.29) is 17.4 Å². The number of nitrogens with two attached hydrogens (primary N) is 1. The molecule has 16 heavy (non-hydrogen) atoms. The quantitative estimate of drug-likeness (QED) is 0.850. The van der Waals surface area contributed by atoms with Crippen LogP contribution in [0.3, 0.4) is 0 Å². The van der Waals surface area contributed by atoms with Crippen molar-refractivity contribution in [2.24, 2.45) is 0 Å². The molecule has 0 saturated heterocycles. The summed E-state index contributed by atoms with van der Waals surface area (Å²) in [6.45, 7) is -1.14. The predicted octanol–water partition coefficient (Wildman–Crippen LogP) is 1.07. The second-order valence-corrected chi connectivity index (χ2v) is 3.09. The Kier molecular flexibility index (Phi) is 3.41. The summed E-state index contributed by atoms with van der Waals surface area (Å²) in [5.74, 6) is 0.0446. The van der Waals surface area contributed by atoms with E-state index in [1.165, 1.54) is 14.2 Å². The molecule has 0 aliphatic heterocycles. The van der Waals surface area contributed by atoms with Crippen LogP contribution in [0.2, 0.25) is 0 Å². The molecule has 1 aromatic heterocycles. The summed E-state index contributed by atoms with van der Waals surface area (Å²) >= 11 is 0. The molecule has 2 N–H and O–H groups in total. The Balaban J connectivity index is 2.95. The highest BCUT2D eigenvalue weighted by molar-refractivity contribution is 5.67. The van der Waals surface area contributed by atoms with Gasteiger partial charge in [0, 0.05) is 7.05 Å². The molecule has 90 valence electrons. The average Bonchev–Trinajstić information content (AvgIpc) is 2.15. The number of alkyl halides is 3. The average molecular weight is 236 g/mol. The number of hydrogen-bond acceptors (Lipinski definition) is 5. The van der Waals surface area contributed by atoms with E-state index in [1.807, 2.05) is 0 Å². The van der Waals surface area contributed by atoms with Crippen LogP contribution in [-0.2, 0) is 0 Å². The molecule has 0 spiro atoms. The number of halogens is 3. The molecule has 0 atom stereocenters. The fourth-order valence-electron chi connectivity index (χ4n) is 1.18. The van der Waals surface area contributed by atoms with E-state index in [4.69, 9.17) is 10.5 Å². The molecule has 0 amide bonds. The van der Waals surface area contributed by atoms with Crippen LogP contribution in [0.15, 0.2) is 6.33 Å². The van der Waals surface area contributed by atoms with Crippen LogP contribution in [0.5, 0.6) is 5.88 Å². The Labute approximate surface area is 90.0 Å². The fourth-order valence-corrected chi connectivity index (χ4v) is 1.18. The third-order valence-corrected chi connectivity index (χ3v) is 1.80. The number of rotatable bonds is 3. The van der Waals surface area contributed by atoms with E-state index in [0.717, 1.165) is 11.2 Å². The molecule has 0 aliphatic rings. The van der Waals surface area contributed by atoms with Gasteiger partial charge in [-0.3, -0.25) is 0 Å². The van der Waals surface area contributed by atoms with Gasteiger partial charge in [0.2, 0.25) is 5.88 Å². The number of nitrogen functional groups attached to an aromatic ring is 1. The highest BCUT2D eigenvalue weighted by Gasteiger charge is 2.30. The van der Waals surface area contributed by atoms with E-state index < -0.39 is 12.7 Å². The highest BCUT2D eigenvalue weighted by Crippen LogP contribution is 2.28. The summed E-state index contributed by atoms with van der Waals surface area (Å²) in [4.78, 5) is 8.24. The molecule has 0 aliphatic carbocycles. The number of methoxy groups -OCH3 is 1. The number of aromatic nitrogens is 2. The topological polar surface area (TPSA) is 64.3 Å². The van der Waals surface area contributed by atoms with Crippen molar-refractivity contribution in [3.8, 4) is 5.88 Å². The van der Waals surface area contributed by atoms with E-state index in [1.54, 1.807) is 0 Å². The summed E-state index contributed by atoms with van der Waals surface area (Å²) in [7, 11) is 2.57. The zero-order valence-electron chi connectivity index (χ0n) is 8.75. The van der Waals surface area contributed by atoms with Crippen LogP contribution in [0.4, 0.5) is 24.7 Å². The van der Waals surface area contributed by atoms with Crippen molar-refractivity contribution in [1.29, 1.82) is 0 Å². The van der Waals surface area contributed by atoms with Crippen molar-refractivity contribution in [3.63, 3.8) is 0 Å². The van der Waals surface area contributed by atoms with Gasteiger partial charge in [0.05, 0.1) is 7.11 Å². The van der Waals surface area contributed by atoms with Crippen molar-refractivity contribution in [1.82, 2.24) is 9.97 Å². The van der Waals surface area contributed by atoms with Crippen LogP contribution >= 0.6 is 0 Å². The zero-order chi connectivity index (χ0) is 12.3. The number of ether oxygens (including phenoxy) is 1. The van der Waals surface area contributed by atoms with Gasteiger partial charge in [-0.25, -0.2) is 4.98 Å². The summed E-state index contributed by atoms with van der Waals surface area (Å²) in [5, 5.41) is 0. The molecule has 1 aromatic rings. The zero-order valence-corrected chi connectivity index (χ0v) is 8.75. The van der Waals surface area contributed by atoms with Crippen LogP contribution in [0.25, 0.3) is 0 Å². The first-order valence-electron chi connectivity index (χ1n) is 4.27.